The zero-order chi connectivity index (χ0) is 19.6. The molecule has 2 aliphatic heterocycles. The van der Waals surface area contributed by atoms with Gasteiger partial charge in [-0.2, -0.15) is 0 Å². The van der Waals surface area contributed by atoms with Crippen molar-refractivity contribution in [1.82, 2.24) is 20.2 Å². The molecule has 162 valence electrons. The number of nitrogens with one attached hydrogen (secondary N) is 2. The molecule has 1 aromatic carbocycles. The third-order valence-corrected chi connectivity index (χ3v) is 5.74. The van der Waals surface area contributed by atoms with Crippen molar-refractivity contribution >= 4 is 53.8 Å². The Labute approximate surface area is 193 Å². The number of piperidine rings is 1. The fourth-order valence-electron chi connectivity index (χ4n) is 4.15. The molecule has 1 amide bonds. The number of fused-ring (bicyclic) bond motifs is 1. The highest BCUT2D eigenvalue weighted by Crippen LogP contribution is 2.24. The zero-order valence-corrected chi connectivity index (χ0v) is 18.6. The number of halogens is 2. The topological polar surface area (TPSA) is 73.4 Å². The van der Waals surface area contributed by atoms with Crippen LogP contribution < -0.4 is 5.32 Å². The lowest BCUT2D eigenvalue weighted by molar-refractivity contribution is -0.115. The maximum Gasteiger partial charge on any atom is 0.276 e. The van der Waals surface area contributed by atoms with E-state index < -0.39 is 0 Å². The van der Waals surface area contributed by atoms with E-state index in [0.717, 1.165) is 48.9 Å². The van der Waals surface area contributed by atoms with Gasteiger partial charge in [-0.1, -0.05) is 30.3 Å². The number of guanidine groups is 1. The molecule has 0 bridgehead atoms. The number of likely N-dealkylation sites (tertiary alicyclic amines) is 1. The summed E-state index contributed by atoms with van der Waals surface area (Å²) in [5.74, 6) is 1.21. The smallest absolute Gasteiger partial charge is 0.276 e. The van der Waals surface area contributed by atoms with Gasteiger partial charge in [0.05, 0.1) is 0 Å². The van der Waals surface area contributed by atoms with Crippen LogP contribution >= 0.6 is 24.8 Å². The van der Waals surface area contributed by atoms with E-state index >= 15 is 0 Å². The number of amides is 1. The molecule has 0 radical (unpaired) electrons. The Kier molecular flexibility index (Phi) is 7.36. The Morgan fingerprint density at radius 3 is 2.61 bits per heavy atom. The van der Waals surface area contributed by atoms with E-state index in [2.05, 4.69) is 55.5 Å². The van der Waals surface area contributed by atoms with Crippen molar-refractivity contribution in [2.75, 3.05) is 13.1 Å². The number of carbonyl (C=O) groups is 1. The van der Waals surface area contributed by atoms with Gasteiger partial charge < -0.3 is 9.88 Å². The van der Waals surface area contributed by atoms with Gasteiger partial charge in [0.2, 0.25) is 5.96 Å². The predicted molar refractivity (Wildman–Crippen MR) is 129 cm³/mol. The molecule has 5 rings (SSSR count). The number of nitrogens with zero attached hydrogens (tertiary/aromatic N) is 3. The lowest BCUT2D eigenvalue weighted by atomic mass is 9.90. The summed E-state index contributed by atoms with van der Waals surface area (Å²) in [7, 11) is 0. The normalized spacial score (nSPS) is 17.8. The Morgan fingerprint density at radius 2 is 1.84 bits per heavy atom. The average molecular weight is 458 g/mol. The van der Waals surface area contributed by atoms with Crippen LogP contribution in [0.25, 0.3) is 17.1 Å². The molecule has 1 fully saturated rings. The lowest BCUT2D eigenvalue weighted by Gasteiger charge is -2.32. The van der Waals surface area contributed by atoms with E-state index in [-0.39, 0.29) is 30.7 Å². The number of aromatic amines is 1. The number of hydrogen-bond donors (Lipinski definition) is 2. The molecule has 0 aliphatic carbocycles. The second-order valence-corrected chi connectivity index (χ2v) is 7.68. The van der Waals surface area contributed by atoms with Gasteiger partial charge >= 0.3 is 0 Å². The molecule has 8 heteroatoms. The van der Waals surface area contributed by atoms with Gasteiger partial charge in [0, 0.05) is 36.4 Å². The molecule has 31 heavy (non-hydrogen) atoms. The lowest BCUT2D eigenvalue weighted by Crippen LogP contribution is -2.45. The van der Waals surface area contributed by atoms with Crippen molar-refractivity contribution in [2.45, 2.75) is 19.3 Å². The second-order valence-electron chi connectivity index (χ2n) is 7.68. The fourth-order valence-corrected chi connectivity index (χ4v) is 4.15. The first-order chi connectivity index (χ1) is 14.3. The third-order valence-electron chi connectivity index (χ3n) is 5.74. The minimum atomic E-state index is -0.148. The van der Waals surface area contributed by atoms with Crippen LogP contribution in [0.2, 0.25) is 0 Å². The summed E-state index contributed by atoms with van der Waals surface area (Å²) in [6, 6.07) is 14.5. The minimum Gasteiger partial charge on any atom is -0.346 e. The first-order valence-electron chi connectivity index (χ1n) is 10.1. The van der Waals surface area contributed by atoms with E-state index in [1.54, 1.807) is 6.20 Å². The molecule has 2 aromatic heterocycles. The Balaban J connectivity index is 0.00000136. The molecule has 0 unspecified atom stereocenters. The van der Waals surface area contributed by atoms with E-state index in [1.165, 1.54) is 5.56 Å². The summed E-state index contributed by atoms with van der Waals surface area (Å²) in [6.45, 7) is 1.84. The van der Waals surface area contributed by atoms with E-state index in [1.807, 2.05) is 24.4 Å². The second kappa shape index (κ2) is 9.98. The number of hydrogen-bond acceptors (Lipinski definition) is 4. The average Bonchev–Trinajstić information content (AvgIpc) is 3.33. The summed E-state index contributed by atoms with van der Waals surface area (Å²) in [5, 5.41) is 3.93. The molecule has 2 N–H and O–H groups in total. The molecular formula is C23H25Cl2N5O. The van der Waals surface area contributed by atoms with Crippen LogP contribution in [0.5, 0.6) is 0 Å². The summed E-state index contributed by atoms with van der Waals surface area (Å²) < 4.78 is 0. The van der Waals surface area contributed by atoms with Crippen LogP contribution in [0.4, 0.5) is 0 Å². The fraction of sp³-hybridized carbons (Fsp3) is 0.261. The number of benzene rings is 1. The maximum atomic E-state index is 12.4. The van der Waals surface area contributed by atoms with Gasteiger partial charge in [-0.25, -0.2) is 9.98 Å². The minimum absolute atomic E-state index is 0. The molecule has 3 aromatic rings. The van der Waals surface area contributed by atoms with Crippen molar-refractivity contribution in [1.29, 1.82) is 0 Å². The number of H-pyrrole nitrogens is 1. The highest BCUT2D eigenvalue weighted by atomic mass is 35.5. The van der Waals surface area contributed by atoms with Crippen LogP contribution in [0.15, 0.2) is 65.5 Å². The molecular weight excluding hydrogens is 433 g/mol. The molecule has 6 nitrogen and oxygen atoms in total. The van der Waals surface area contributed by atoms with E-state index in [0.29, 0.717) is 17.6 Å². The monoisotopic (exact) mass is 457 g/mol. The summed E-state index contributed by atoms with van der Waals surface area (Å²) in [6.07, 6.45) is 8.77. The van der Waals surface area contributed by atoms with Gasteiger partial charge in [0.15, 0.2) is 0 Å². The van der Waals surface area contributed by atoms with Crippen molar-refractivity contribution in [3.63, 3.8) is 0 Å². The number of carbonyl (C=O) groups excluding carboxylic acids is 1. The van der Waals surface area contributed by atoms with Crippen LogP contribution in [-0.2, 0) is 11.2 Å². The molecule has 2 aliphatic rings. The maximum absolute atomic E-state index is 12.4. The zero-order valence-electron chi connectivity index (χ0n) is 17.0. The quantitative estimate of drug-likeness (QED) is 0.579. The predicted octanol–water partition coefficient (Wildman–Crippen LogP) is 4.19. The van der Waals surface area contributed by atoms with Crippen molar-refractivity contribution in [3.05, 3.63) is 71.7 Å². The molecule has 4 heterocycles. The summed E-state index contributed by atoms with van der Waals surface area (Å²) >= 11 is 0. The Morgan fingerprint density at radius 1 is 1.06 bits per heavy atom. The Hall–Kier alpha value is -2.83. The van der Waals surface area contributed by atoms with Crippen molar-refractivity contribution < 1.29 is 4.79 Å². The highest BCUT2D eigenvalue weighted by Gasteiger charge is 2.28. The van der Waals surface area contributed by atoms with Gasteiger partial charge in [-0.05, 0) is 49.0 Å². The van der Waals surface area contributed by atoms with E-state index in [4.69, 9.17) is 0 Å². The van der Waals surface area contributed by atoms with Crippen LogP contribution in [-0.4, -0.2) is 39.8 Å². The highest BCUT2D eigenvalue weighted by molar-refractivity contribution is 6.14. The number of aromatic nitrogens is 2. The number of pyridine rings is 1. The SMILES string of the molecule is Cl.Cl.O=C1NC(N2CCC(Cc3ccccc3)CC2)=NC1=Cc1c[nH]c2ncccc12. The largest absolute Gasteiger partial charge is 0.346 e. The molecule has 1 saturated heterocycles. The summed E-state index contributed by atoms with van der Waals surface area (Å²) in [4.78, 5) is 26.7. The van der Waals surface area contributed by atoms with Gasteiger partial charge in [0.1, 0.15) is 11.3 Å². The molecule has 0 saturated carbocycles. The van der Waals surface area contributed by atoms with Gasteiger partial charge in [-0.3, -0.25) is 10.1 Å². The number of rotatable bonds is 3. The third kappa shape index (κ3) is 4.92. The van der Waals surface area contributed by atoms with Crippen LogP contribution in [0.3, 0.4) is 0 Å². The number of aliphatic imine (C=N–C) groups is 1. The first kappa shape index (κ1) is 22.8. The first-order valence-corrected chi connectivity index (χ1v) is 10.1. The van der Waals surface area contributed by atoms with Crippen LogP contribution in [0.1, 0.15) is 24.0 Å². The standard InChI is InChI=1S/C23H23N5O.2ClH/c29-22-20(14-18-15-25-21-19(18)7-4-10-24-21)26-23(27-22)28-11-8-17(9-12-28)13-16-5-2-1-3-6-16;;/h1-7,10,14-15,17H,8-9,11-13H2,(H,24,25)(H,26,27,29);2*1H. The molecule has 0 atom stereocenters. The van der Waals surface area contributed by atoms with Crippen LogP contribution in [0, 0.1) is 5.92 Å². The Bertz CT molecular complexity index is 1100. The van der Waals surface area contributed by atoms with Crippen molar-refractivity contribution in [3.8, 4) is 0 Å². The van der Waals surface area contributed by atoms with Crippen molar-refractivity contribution in [2.24, 2.45) is 10.9 Å². The summed E-state index contributed by atoms with van der Waals surface area (Å²) in [5.41, 5.74) is 3.57. The van der Waals surface area contributed by atoms with Gasteiger partial charge in [-0.15, -0.1) is 24.8 Å². The van der Waals surface area contributed by atoms with Gasteiger partial charge in [0.25, 0.3) is 5.91 Å². The van der Waals surface area contributed by atoms with E-state index in [9.17, 15) is 4.79 Å². The molecule has 0 spiro atoms.